The Morgan fingerprint density at radius 1 is 1.24 bits per heavy atom. The number of hydrogen-bond donors (Lipinski definition) is 0. The van der Waals surface area contributed by atoms with Crippen molar-refractivity contribution in [3.8, 4) is 0 Å². The van der Waals surface area contributed by atoms with Crippen molar-refractivity contribution in [3.05, 3.63) is 48.3 Å². The van der Waals surface area contributed by atoms with Crippen LogP contribution in [0.1, 0.15) is 18.4 Å². The molecule has 1 saturated heterocycles. The molecule has 1 fully saturated rings. The maximum Gasteiger partial charge on any atom is 0.222 e. The van der Waals surface area contributed by atoms with E-state index in [1.54, 1.807) is 12.1 Å². The lowest BCUT2D eigenvalue weighted by molar-refractivity contribution is -0.131. The quantitative estimate of drug-likeness (QED) is 0.778. The molecule has 0 N–H and O–H groups in total. The molecule has 4 heteroatoms. The van der Waals surface area contributed by atoms with Crippen molar-refractivity contribution in [1.82, 2.24) is 9.80 Å². The van der Waals surface area contributed by atoms with Gasteiger partial charge in [-0.15, -0.1) is 6.58 Å². The van der Waals surface area contributed by atoms with Crippen molar-refractivity contribution in [2.45, 2.75) is 19.3 Å². The van der Waals surface area contributed by atoms with Gasteiger partial charge in [0.25, 0.3) is 0 Å². The smallest absolute Gasteiger partial charge is 0.222 e. The molecule has 1 heterocycles. The molecule has 21 heavy (non-hydrogen) atoms. The molecule has 1 aliphatic heterocycles. The van der Waals surface area contributed by atoms with Gasteiger partial charge < -0.3 is 4.90 Å². The van der Waals surface area contributed by atoms with Crippen LogP contribution in [0, 0.1) is 5.82 Å². The Morgan fingerprint density at radius 2 is 2.05 bits per heavy atom. The van der Waals surface area contributed by atoms with Crippen molar-refractivity contribution in [2.24, 2.45) is 0 Å². The maximum atomic E-state index is 13.5. The average Bonchev–Trinajstić information content (AvgIpc) is 2.72. The summed E-state index contributed by atoms with van der Waals surface area (Å²) >= 11 is 0. The summed E-state index contributed by atoms with van der Waals surface area (Å²) in [5, 5.41) is 0. The third kappa shape index (κ3) is 4.67. The molecule has 114 valence electrons. The first-order valence-corrected chi connectivity index (χ1v) is 7.55. The van der Waals surface area contributed by atoms with E-state index in [0.717, 1.165) is 39.1 Å². The Hall–Kier alpha value is -1.68. The van der Waals surface area contributed by atoms with Crippen LogP contribution >= 0.6 is 0 Å². The fraction of sp³-hybridized carbons (Fsp3) is 0.471. The molecule has 0 aromatic heterocycles. The zero-order chi connectivity index (χ0) is 15.1. The molecule has 0 saturated carbocycles. The van der Waals surface area contributed by atoms with Crippen LogP contribution in [0.4, 0.5) is 4.39 Å². The number of hydrogen-bond acceptors (Lipinski definition) is 2. The fourth-order valence-electron chi connectivity index (χ4n) is 2.69. The highest BCUT2D eigenvalue weighted by molar-refractivity contribution is 5.76. The Morgan fingerprint density at radius 3 is 2.81 bits per heavy atom. The van der Waals surface area contributed by atoms with Gasteiger partial charge in [0.1, 0.15) is 5.82 Å². The second-order valence-corrected chi connectivity index (χ2v) is 5.42. The number of carbonyl (C=O) groups is 1. The van der Waals surface area contributed by atoms with E-state index >= 15 is 0 Å². The first kappa shape index (κ1) is 15.7. The third-order valence-corrected chi connectivity index (χ3v) is 3.89. The zero-order valence-electron chi connectivity index (χ0n) is 12.4. The lowest BCUT2D eigenvalue weighted by Gasteiger charge is -2.21. The summed E-state index contributed by atoms with van der Waals surface area (Å²) in [4.78, 5) is 16.5. The fourth-order valence-corrected chi connectivity index (χ4v) is 2.69. The Balaban J connectivity index is 1.83. The molecule has 2 rings (SSSR count). The SMILES string of the molecule is C=CCN1CCCN(C(=O)CCc2ccccc2F)CC1. The van der Waals surface area contributed by atoms with Crippen molar-refractivity contribution >= 4 is 5.91 Å². The van der Waals surface area contributed by atoms with Crippen LogP contribution in [0.2, 0.25) is 0 Å². The highest BCUT2D eigenvalue weighted by Crippen LogP contribution is 2.11. The van der Waals surface area contributed by atoms with Crippen LogP contribution in [-0.2, 0) is 11.2 Å². The number of benzene rings is 1. The molecule has 1 amide bonds. The van der Waals surface area contributed by atoms with E-state index in [4.69, 9.17) is 0 Å². The molecular formula is C17H23FN2O. The minimum atomic E-state index is -0.224. The number of nitrogens with zero attached hydrogens (tertiary/aromatic N) is 2. The second kappa shape index (κ2) is 7.93. The first-order valence-electron chi connectivity index (χ1n) is 7.55. The summed E-state index contributed by atoms with van der Waals surface area (Å²) in [6, 6.07) is 6.67. The number of halogens is 1. The van der Waals surface area contributed by atoms with Crippen molar-refractivity contribution in [1.29, 1.82) is 0 Å². The van der Waals surface area contributed by atoms with E-state index in [1.165, 1.54) is 6.07 Å². The molecule has 1 aromatic carbocycles. The molecule has 0 radical (unpaired) electrons. The van der Waals surface area contributed by atoms with Gasteiger partial charge in [0.05, 0.1) is 0 Å². The van der Waals surface area contributed by atoms with Crippen LogP contribution in [0.15, 0.2) is 36.9 Å². The predicted molar refractivity (Wildman–Crippen MR) is 82.6 cm³/mol. The van der Waals surface area contributed by atoms with Crippen LogP contribution in [0.25, 0.3) is 0 Å². The van der Waals surface area contributed by atoms with Crippen LogP contribution in [0.3, 0.4) is 0 Å². The van der Waals surface area contributed by atoms with Crippen molar-refractivity contribution in [2.75, 3.05) is 32.7 Å². The summed E-state index contributed by atoms with van der Waals surface area (Å²) < 4.78 is 13.5. The number of carbonyl (C=O) groups excluding carboxylic acids is 1. The van der Waals surface area contributed by atoms with Gasteiger partial charge in [0.15, 0.2) is 0 Å². The predicted octanol–water partition coefficient (Wildman–Crippen LogP) is 2.48. The molecule has 0 unspecified atom stereocenters. The molecule has 1 aromatic rings. The Labute approximate surface area is 126 Å². The minimum absolute atomic E-state index is 0.124. The third-order valence-electron chi connectivity index (χ3n) is 3.89. The van der Waals surface area contributed by atoms with E-state index in [1.807, 2.05) is 17.0 Å². The molecule has 0 aliphatic carbocycles. The molecule has 1 aliphatic rings. The van der Waals surface area contributed by atoms with E-state index in [9.17, 15) is 9.18 Å². The molecule has 0 bridgehead atoms. The number of aryl methyl sites for hydroxylation is 1. The van der Waals surface area contributed by atoms with E-state index in [-0.39, 0.29) is 11.7 Å². The summed E-state index contributed by atoms with van der Waals surface area (Å²) in [6.07, 6.45) is 3.73. The molecular weight excluding hydrogens is 267 g/mol. The van der Waals surface area contributed by atoms with Gasteiger partial charge in [-0.25, -0.2) is 4.39 Å². The van der Waals surface area contributed by atoms with Crippen molar-refractivity contribution < 1.29 is 9.18 Å². The van der Waals surface area contributed by atoms with E-state index in [2.05, 4.69) is 11.5 Å². The van der Waals surface area contributed by atoms with Gasteiger partial charge in [0.2, 0.25) is 5.91 Å². The topological polar surface area (TPSA) is 23.6 Å². The largest absolute Gasteiger partial charge is 0.341 e. The Kier molecular flexibility index (Phi) is 5.93. The first-order chi connectivity index (χ1) is 10.2. The molecule has 0 atom stereocenters. The lowest BCUT2D eigenvalue weighted by Crippen LogP contribution is -2.35. The monoisotopic (exact) mass is 290 g/mol. The highest BCUT2D eigenvalue weighted by atomic mass is 19.1. The molecule has 3 nitrogen and oxygen atoms in total. The number of rotatable bonds is 5. The second-order valence-electron chi connectivity index (χ2n) is 5.42. The van der Waals surface area contributed by atoms with Crippen LogP contribution in [-0.4, -0.2) is 48.4 Å². The maximum absolute atomic E-state index is 13.5. The lowest BCUT2D eigenvalue weighted by atomic mass is 10.1. The zero-order valence-corrected chi connectivity index (χ0v) is 12.4. The van der Waals surface area contributed by atoms with E-state index < -0.39 is 0 Å². The van der Waals surface area contributed by atoms with Gasteiger partial charge in [-0.1, -0.05) is 24.3 Å². The van der Waals surface area contributed by atoms with Gasteiger partial charge >= 0.3 is 0 Å². The van der Waals surface area contributed by atoms with Crippen molar-refractivity contribution in [3.63, 3.8) is 0 Å². The summed E-state index contributed by atoms with van der Waals surface area (Å²) in [7, 11) is 0. The number of amides is 1. The summed E-state index contributed by atoms with van der Waals surface area (Å²) in [6.45, 7) is 8.06. The van der Waals surface area contributed by atoms with Crippen LogP contribution < -0.4 is 0 Å². The molecule has 0 spiro atoms. The van der Waals surface area contributed by atoms with Gasteiger partial charge in [0, 0.05) is 39.1 Å². The minimum Gasteiger partial charge on any atom is -0.341 e. The standard InChI is InChI=1S/C17H23FN2O/c1-2-10-19-11-5-12-20(14-13-19)17(21)9-8-15-6-3-4-7-16(15)18/h2-4,6-7H,1,5,8-14H2. The van der Waals surface area contributed by atoms with Gasteiger partial charge in [-0.2, -0.15) is 0 Å². The summed E-state index contributed by atoms with van der Waals surface area (Å²) in [5.74, 6) is -0.1000. The van der Waals surface area contributed by atoms with Gasteiger partial charge in [-0.3, -0.25) is 9.69 Å². The highest BCUT2D eigenvalue weighted by Gasteiger charge is 2.18. The van der Waals surface area contributed by atoms with Gasteiger partial charge in [-0.05, 0) is 24.5 Å². The van der Waals surface area contributed by atoms with E-state index in [0.29, 0.717) is 18.4 Å². The Bertz CT molecular complexity index is 489. The van der Waals surface area contributed by atoms with Crippen LogP contribution in [0.5, 0.6) is 0 Å². The summed E-state index contributed by atoms with van der Waals surface area (Å²) in [5.41, 5.74) is 0.619. The average molecular weight is 290 g/mol. The normalized spacial score (nSPS) is 16.5.